The van der Waals surface area contributed by atoms with Crippen LogP contribution in [-0.4, -0.2) is 22.9 Å². The Bertz CT molecular complexity index is 575. The summed E-state index contributed by atoms with van der Waals surface area (Å²) >= 11 is 0. The van der Waals surface area contributed by atoms with Gasteiger partial charge in [-0.05, 0) is 24.6 Å². The van der Waals surface area contributed by atoms with Crippen LogP contribution in [0.2, 0.25) is 0 Å². The van der Waals surface area contributed by atoms with Crippen LogP contribution in [0.1, 0.15) is 18.5 Å². The Morgan fingerprint density at radius 3 is 2.42 bits per heavy atom. The summed E-state index contributed by atoms with van der Waals surface area (Å²) in [5, 5.41) is 15.7. The van der Waals surface area contributed by atoms with Gasteiger partial charge in [0.2, 0.25) is 0 Å². The Labute approximate surface area is 108 Å². The summed E-state index contributed by atoms with van der Waals surface area (Å²) in [6, 6.07) is 4.26. The van der Waals surface area contributed by atoms with Crippen molar-refractivity contribution >= 4 is 17.7 Å². The molecule has 1 heterocycles. The number of nitro groups is 1. The lowest BCUT2D eigenvalue weighted by Crippen LogP contribution is -2.51. The van der Waals surface area contributed by atoms with Gasteiger partial charge in [-0.2, -0.15) is 0 Å². The van der Waals surface area contributed by atoms with Gasteiger partial charge >= 0.3 is 6.03 Å². The van der Waals surface area contributed by atoms with Crippen molar-refractivity contribution in [3.8, 4) is 0 Å². The van der Waals surface area contributed by atoms with E-state index < -0.39 is 23.0 Å². The quantitative estimate of drug-likeness (QED) is 0.472. The molecule has 2 unspecified atom stereocenters. The van der Waals surface area contributed by atoms with E-state index in [1.165, 1.54) is 24.3 Å². The standard InChI is InChI=1S/C12H11N3O4/c1-7-10(6-16)11(14-12(17)13-7)8-2-4-9(5-3-8)15(18)19/h2-5,7,11H,1H3,(H2,13,14,17). The molecular formula is C12H11N3O4. The fourth-order valence-corrected chi connectivity index (χ4v) is 1.97. The predicted octanol–water partition coefficient (Wildman–Crippen LogP) is 1.10. The molecule has 2 atom stereocenters. The van der Waals surface area contributed by atoms with Gasteiger partial charge in [0, 0.05) is 12.1 Å². The van der Waals surface area contributed by atoms with Crippen LogP contribution in [0.3, 0.4) is 0 Å². The van der Waals surface area contributed by atoms with Crippen LogP contribution >= 0.6 is 0 Å². The molecule has 0 aromatic heterocycles. The van der Waals surface area contributed by atoms with E-state index in [1.54, 1.807) is 6.92 Å². The van der Waals surface area contributed by atoms with Crippen LogP contribution in [0.5, 0.6) is 0 Å². The fourth-order valence-electron chi connectivity index (χ4n) is 1.97. The first-order chi connectivity index (χ1) is 9.02. The van der Waals surface area contributed by atoms with Crippen molar-refractivity contribution in [3.63, 3.8) is 0 Å². The maximum absolute atomic E-state index is 11.4. The van der Waals surface area contributed by atoms with E-state index in [0.717, 1.165) is 0 Å². The van der Waals surface area contributed by atoms with Crippen molar-refractivity contribution < 1.29 is 14.5 Å². The Morgan fingerprint density at radius 1 is 1.26 bits per heavy atom. The number of nitro benzene ring substituents is 1. The Morgan fingerprint density at radius 2 is 1.89 bits per heavy atom. The van der Waals surface area contributed by atoms with Crippen molar-refractivity contribution in [3.05, 3.63) is 45.5 Å². The molecule has 1 fully saturated rings. The number of hydrogen-bond acceptors (Lipinski definition) is 4. The van der Waals surface area contributed by atoms with Crippen molar-refractivity contribution in [2.45, 2.75) is 19.0 Å². The van der Waals surface area contributed by atoms with Gasteiger partial charge in [0.15, 0.2) is 0 Å². The third-order valence-electron chi connectivity index (χ3n) is 2.96. The second-order valence-electron chi connectivity index (χ2n) is 4.18. The lowest BCUT2D eigenvalue weighted by molar-refractivity contribution is -0.384. The average molecular weight is 261 g/mol. The summed E-state index contributed by atoms with van der Waals surface area (Å²) < 4.78 is 0. The van der Waals surface area contributed by atoms with E-state index in [9.17, 15) is 19.7 Å². The number of rotatable bonds is 2. The molecular weight excluding hydrogens is 250 g/mol. The molecule has 1 aromatic rings. The van der Waals surface area contributed by atoms with Gasteiger partial charge in [0.05, 0.1) is 22.6 Å². The highest BCUT2D eigenvalue weighted by atomic mass is 16.6. The summed E-state index contributed by atoms with van der Waals surface area (Å²) in [7, 11) is 0. The summed E-state index contributed by atoms with van der Waals surface area (Å²) in [6.45, 7) is 1.68. The number of urea groups is 1. The number of nitrogens with one attached hydrogen (secondary N) is 2. The third kappa shape index (κ3) is 2.46. The van der Waals surface area contributed by atoms with Gasteiger partial charge < -0.3 is 10.6 Å². The lowest BCUT2D eigenvalue weighted by atomic mass is 9.93. The summed E-state index contributed by atoms with van der Waals surface area (Å²) in [6.07, 6.45) is 0. The number of non-ortho nitro benzene ring substituents is 1. The normalized spacial score (nSPS) is 22.2. The first kappa shape index (κ1) is 12.8. The molecule has 2 amide bonds. The summed E-state index contributed by atoms with van der Waals surface area (Å²) in [5.41, 5.74) is 0.910. The molecule has 2 rings (SSSR count). The van der Waals surface area contributed by atoms with E-state index in [2.05, 4.69) is 10.6 Å². The maximum atomic E-state index is 11.4. The summed E-state index contributed by atoms with van der Waals surface area (Å²) in [4.78, 5) is 32.5. The van der Waals surface area contributed by atoms with Gasteiger partial charge in [0.25, 0.3) is 5.69 Å². The number of nitrogens with zero attached hydrogens (tertiary/aromatic N) is 1. The molecule has 0 bridgehead atoms. The highest BCUT2D eigenvalue weighted by molar-refractivity contribution is 5.80. The van der Waals surface area contributed by atoms with Gasteiger partial charge in [-0.25, -0.2) is 9.59 Å². The molecule has 7 nitrogen and oxygen atoms in total. The molecule has 0 saturated carbocycles. The van der Waals surface area contributed by atoms with E-state index >= 15 is 0 Å². The molecule has 1 aliphatic rings. The monoisotopic (exact) mass is 261 g/mol. The van der Waals surface area contributed by atoms with Crippen LogP contribution in [0.25, 0.3) is 0 Å². The van der Waals surface area contributed by atoms with Crippen molar-refractivity contribution in [1.29, 1.82) is 0 Å². The van der Waals surface area contributed by atoms with E-state index in [1.807, 2.05) is 5.94 Å². The minimum atomic E-state index is -0.609. The van der Waals surface area contributed by atoms with Crippen LogP contribution in [-0.2, 0) is 4.79 Å². The van der Waals surface area contributed by atoms with Crippen LogP contribution in [0.4, 0.5) is 10.5 Å². The minimum Gasteiger partial charge on any atom is -0.331 e. The molecule has 0 spiro atoms. The second-order valence-corrected chi connectivity index (χ2v) is 4.18. The highest BCUT2D eigenvalue weighted by Gasteiger charge is 2.30. The average Bonchev–Trinajstić information content (AvgIpc) is 2.38. The minimum absolute atomic E-state index is 0.0475. The molecule has 1 aliphatic heterocycles. The smallest absolute Gasteiger partial charge is 0.316 e. The van der Waals surface area contributed by atoms with Gasteiger partial charge in [-0.3, -0.25) is 10.1 Å². The van der Waals surface area contributed by atoms with Crippen LogP contribution < -0.4 is 10.6 Å². The first-order valence-electron chi connectivity index (χ1n) is 5.59. The van der Waals surface area contributed by atoms with Crippen molar-refractivity contribution in [2.75, 3.05) is 0 Å². The van der Waals surface area contributed by atoms with Gasteiger partial charge in [-0.1, -0.05) is 0 Å². The van der Waals surface area contributed by atoms with Crippen molar-refractivity contribution in [2.24, 2.45) is 0 Å². The van der Waals surface area contributed by atoms with E-state index in [4.69, 9.17) is 0 Å². The Balaban J connectivity index is 2.35. The molecule has 2 N–H and O–H groups in total. The van der Waals surface area contributed by atoms with Gasteiger partial charge in [0.1, 0.15) is 5.94 Å². The van der Waals surface area contributed by atoms with Gasteiger partial charge in [-0.15, -0.1) is 0 Å². The Kier molecular flexibility index (Phi) is 3.31. The zero-order chi connectivity index (χ0) is 14.0. The topological polar surface area (TPSA) is 101 Å². The number of carbonyl (C=O) groups is 1. The SMILES string of the molecule is CC1NC(=O)NC(c2ccc([N+](=O)[O-])cc2)C1=C=O. The molecule has 98 valence electrons. The predicted molar refractivity (Wildman–Crippen MR) is 66.2 cm³/mol. The molecule has 0 aliphatic carbocycles. The maximum Gasteiger partial charge on any atom is 0.316 e. The number of benzene rings is 1. The zero-order valence-corrected chi connectivity index (χ0v) is 10.0. The summed E-state index contributed by atoms with van der Waals surface area (Å²) in [5.74, 6) is 1.82. The van der Waals surface area contributed by atoms with E-state index in [-0.39, 0.29) is 5.69 Å². The fraction of sp³-hybridized carbons (Fsp3) is 0.250. The number of amides is 2. The second kappa shape index (κ2) is 4.91. The van der Waals surface area contributed by atoms with Crippen molar-refractivity contribution in [1.82, 2.24) is 10.6 Å². The molecule has 1 aromatic carbocycles. The third-order valence-corrected chi connectivity index (χ3v) is 2.96. The molecule has 1 saturated heterocycles. The highest BCUT2D eigenvalue weighted by Crippen LogP contribution is 2.26. The number of hydrogen-bond donors (Lipinski definition) is 2. The zero-order valence-electron chi connectivity index (χ0n) is 10.0. The van der Waals surface area contributed by atoms with Crippen LogP contribution in [0.15, 0.2) is 29.8 Å². The number of carbonyl (C=O) groups excluding carboxylic acids is 2. The lowest BCUT2D eigenvalue weighted by Gasteiger charge is -2.30. The molecule has 0 radical (unpaired) electrons. The largest absolute Gasteiger partial charge is 0.331 e. The molecule has 19 heavy (non-hydrogen) atoms. The van der Waals surface area contributed by atoms with E-state index in [0.29, 0.717) is 11.1 Å². The van der Waals surface area contributed by atoms with Crippen LogP contribution in [0, 0.1) is 10.1 Å². The Hall–Kier alpha value is -2.66. The molecule has 7 heteroatoms. The first-order valence-corrected chi connectivity index (χ1v) is 5.59.